The molecule has 1 atom stereocenters. The molecule has 0 radical (unpaired) electrons. The van der Waals surface area contributed by atoms with E-state index in [2.05, 4.69) is 61.3 Å². The van der Waals surface area contributed by atoms with Crippen LogP contribution in [0.5, 0.6) is 0 Å². The molecule has 3 aliphatic rings. The van der Waals surface area contributed by atoms with Crippen molar-refractivity contribution in [1.29, 1.82) is 0 Å². The fourth-order valence-electron chi connectivity index (χ4n) is 4.94. The summed E-state index contributed by atoms with van der Waals surface area (Å²) in [6.45, 7) is 10.2. The second kappa shape index (κ2) is 11.2. The van der Waals surface area contributed by atoms with E-state index in [-0.39, 0.29) is 6.10 Å². The summed E-state index contributed by atoms with van der Waals surface area (Å²) in [6, 6.07) is 9.03. The zero-order valence-corrected chi connectivity index (χ0v) is 20.0. The second-order valence-electron chi connectivity index (χ2n) is 9.39. The first-order valence-corrected chi connectivity index (χ1v) is 12.4. The van der Waals surface area contributed by atoms with E-state index in [1.54, 1.807) is 0 Å². The van der Waals surface area contributed by atoms with Crippen molar-refractivity contribution in [1.82, 2.24) is 4.90 Å². The molecule has 32 heavy (non-hydrogen) atoms. The number of rotatable bonds is 6. The molecule has 5 heteroatoms. The van der Waals surface area contributed by atoms with Crippen LogP contribution in [0.25, 0.3) is 0 Å². The van der Waals surface area contributed by atoms with Gasteiger partial charge in [0.05, 0.1) is 25.9 Å². The lowest BCUT2D eigenvalue weighted by Crippen LogP contribution is -2.40. The van der Waals surface area contributed by atoms with E-state index < -0.39 is 0 Å². The van der Waals surface area contributed by atoms with E-state index in [0.717, 1.165) is 49.4 Å². The molecular formula is C27H39N3O2. The summed E-state index contributed by atoms with van der Waals surface area (Å²) in [5, 5.41) is 3.63. The van der Waals surface area contributed by atoms with Gasteiger partial charge in [0.15, 0.2) is 0 Å². The quantitative estimate of drug-likeness (QED) is 0.447. The van der Waals surface area contributed by atoms with Crippen LogP contribution < -0.4 is 5.32 Å². The maximum atomic E-state index is 5.75. The Kier molecular flexibility index (Phi) is 8.04. The lowest BCUT2D eigenvalue weighted by molar-refractivity contribution is -0.00627. The fraction of sp³-hybridized carbons (Fsp3) is 0.593. The number of morpholine rings is 1. The van der Waals surface area contributed by atoms with E-state index in [9.17, 15) is 0 Å². The smallest absolute Gasteiger partial charge is 0.138 e. The molecule has 1 aromatic rings. The molecule has 4 rings (SSSR count). The molecule has 2 fully saturated rings. The number of nitrogens with one attached hydrogen (secondary N) is 1. The minimum Gasteiger partial charge on any atom is -0.375 e. The molecule has 1 N–H and O–H groups in total. The molecule has 0 amide bonds. The van der Waals surface area contributed by atoms with Crippen LogP contribution in [-0.2, 0) is 9.47 Å². The Morgan fingerprint density at radius 1 is 1.16 bits per heavy atom. The van der Waals surface area contributed by atoms with Gasteiger partial charge in [0.2, 0.25) is 0 Å². The van der Waals surface area contributed by atoms with Crippen molar-refractivity contribution < 1.29 is 9.47 Å². The lowest BCUT2D eigenvalue weighted by atomic mass is 9.84. The van der Waals surface area contributed by atoms with Crippen molar-refractivity contribution in [2.45, 2.75) is 71.3 Å². The molecule has 1 saturated heterocycles. The third kappa shape index (κ3) is 5.81. The highest BCUT2D eigenvalue weighted by molar-refractivity contribution is 6.09. The van der Waals surface area contributed by atoms with Crippen molar-refractivity contribution in [2.75, 3.05) is 38.2 Å². The van der Waals surface area contributed by atoms with Gasteiger partial charge in [-0.15, -0.1) is 0 Å². The normalized spacial score (nSPS) is 23.7. The number of hydrogen-bond donors (Lipinski definition) is 1. The van der Waals surface area contributed by atoms with Gasteiger partial charge >= 0.3 is 0 Å². The first-order chi connectivity index (χ1) is 15.6. The maximum Gasteiger partial charge on any atom is 0.138 e. The Hall–Kier alpha value is -2.11. The van der Waals surface area contributed by atoms with E-state index >= 15 is 0 Å². The summed E-state index contributed by atoms with van der Waals surface area (Å²) >= 11 is 0. The number of nitrogens with zero attached hydrogens (tertiary/aromatic N) is 2. The number of aliphatic imine (C=N–C) groups is 1. The molecule has 2 heterocycles. The standard InChI is InChI=1S/C27H39N3O2/c1-4-8-26(30-15-16-32-21(3)17-30)29-27(25-19-31-18-20(25)2)28-24-13-11-23(12-14-24)22-9-6-5-7-10-22/h8,11-14,21-22H,4-7,9-10,15-19H2,1-3H3,(H,28,29)/b26-8-. The van der Waals surface area contributed by atoms with Gasteiger partial charge in [-0.2, -0.15) is 0 Å². The lowest BCUT2D eigenvalue weighted by Gasteiger charge is -2.33. The van der Waals surface area contributed by atoms with Crippen LogP contribution in [0, 0.1) is 0 Å². The highest BCUT2D eigenvalue weighted by Gasteiger charge is 2.22. The first-order valence-electron chi connectivity index (χ1n) is 12.4. The van der Waals surface area contributed by atoms with Gasteiger partial charge in [0.1, 0.15) is 11.7 Å². The van der Waals surface area contributed by atoms with Gasteiger partial charge in [-0.3, -0.25) is 0 Å². The molecule has 174 valence electrons. The monoisotopic (exact) mass is 437 g/mol. The minimum atomic E-state index is 0.221. The zero-order valence-electron chi connectivity index (χ0n) is 20.0. The van der Waals surface area contributed by atoms with Crippen LogP contribution in [0.4, 0.5) is 5.69 Å². The number of anilines is 1. The van der Waals surface area contributed by atoms with Crippen LogP contribution in [-0.4, -0.2) is 49.7 Å². The number of benzene rings is 1. The van der Waals surface area contributed by atoms with Crippen LogP contribution in [0.3, 0.4) is 0 Å². The maximum absolute atomic E-state index is 5.75. The van der Waals surface area contributed by atoms with E-state index in [4.69, 9.17) is 14.5 Å². The Morgan fingerprint density at radius 2 is 1.94 bits per heavy atom. The van der Waals surface area contributed by atoms with Crippen molar-refractivity contribution >= 4 is 11.5 Å². The van der Waals surface area contributed by atoms with Crippen molar-refractivity contribution in [3.8, 4) is 0 Å². The van der Waals surface area contributed by atoms with Gasteiger partial charge < -0.3 is 19.7 Å². The van der Waals surface area contributed by atoms with Gasteiger partial charge in [-0.05, 0) is 68.4 Å². The van der Waals surface area contributed by atoms with Gasteiger partial charge in [0.25, 0.3) is 0 Å². The number of ether oxygens (including phenoxy) is 2. The number of amidine groups is 1. The van der Waals surface area contributed by atoms with Crippen molar-refractivity contribution in [2.24, 2.45) is 4.99 Å². The molecular weight excluding hydrogens is 398 g/mol. The highest BCUT2D eigenvalue weighted by Crippen LogP contribution is 2.33. The molecule has 0 spiro atoms. The Bertz CT molecular complexity index is 850. The summed E-state index contributed by atoms with van der Waals surface area (Å²) < 4.78 is 11.5. The van der Waals surface area contributed by atoms with Crippen LogP contribution in [0.15, 0.2) is 52.3 Å². The Balaban J connectivity index is 1.57. The topological polar surface area (TPSA) is 46.1 Å². The third-order valence-electron chi connectivity index (χ3n) is 6.79. The van der Waals surface area contributed by atoms with E-state index in [1.807, 2.05) is 0 Å². The predicted molar refractivity (Wildman–Crippen MR) is 132 cm³/mol. The van der Waals surface area contributed by atoms with Crippen molar-refractivity contribution in [3.05, 3.63) is 52.9 Å². The largest absolute Gasteiger partial charge is 0.375 e. The summed E-state index contributed by atoms with van der Waals surface area (Å²) in [4.78, 5) is 7.51. The Labute approximate surface area is 193 Å². The molecule has 1 aliphatic carbocycles. The number of hydrogen-bond acceptors (Lipinski definition) is 4. The summed E-state index contributed by atoms with van der Waals surface area (Å²) in [7, 11) is 0. The zero-order chi connectivity index (χ0) is 22.3. The molecule has 2 aliphatic heterocycles. The van der Waals surface area contributed by atoms with Gasteiger partial charge in [-0.25, -0.2) is 4.99 Å². The minimum absolute atomic E-state index is 0.221. The molecule has 1 unspecified atom stereocenters. The van der Waals surface area contributed by atoms with Crippen LogP contribution >= 0.6 is 0 Å². The average molecular weight is 438 g/mol. The first kappa shape index (κ1) is 23.1. The summed E-state index contributed by atoms with van der Waals surface area (Å²) in [5.74, 6) is 2.65. The highest BCUT2D eigenvalue weighted by atomic mass is 16.5. The van der Waals surface area contributed by atoms with Crippen molar-refractivity contribution in [3.63, 3.8) is 0 Å². The predicted octanol–water partition coefficient (Wildman–Crippen LogP) is 5.86. The van der Waals surface area contributed by atoms with Crippen LogP contribution in [0.1, 0.15) is 70.8 Å². The SMILES string of the molecule is CC/C=C(/N=C(/Nc1ccc(C2CCCCC2)cc1)C1=C(C)COC1)N1CCOC(C)C1. The van der Waals surface area contributed by atoms with Crippen LogP contribution in [0.2, 0.25) is 0 Å². The molecule has 1 saturated carbocycles. The molecule has 1 aromatic carbocycles. The summed E-state index contributed by atoms with van der Waals surface area (Å²) in [5.41, 5.74) is 4.98. The molecule has 0 aromatic heterocycles. The van der Waals surface area contributed by atoms with Gasteiger partial charge in [0, 0.05) is 24.4 Å². The second-order valence-corrected chi connectivity index (χ2v) is 9.39. The van der Waals surface area contributed by atoms with E-state index in [1.165, 1.54) is 48.8 Å². The van der Waals surface area contributed by atoms with Gasteiger partial charge in [-0.1, -0.05) is 38.3 Å². The third-order valence-corrected chi connectivity index (χ3v) is 6.79. The molecule has 5 nitrogen and oxygen atoms in total. The number of allylic oxidation sites excluding steroid dienone is 1. The Morgan fingerprint density at radius 3 is 2.59 bits per heavy atom. The fourth-order valence-corrected chi connectivity index (χ4v) is 4.94. The average Bonchev–Trinajstić information content (AvgIpc) is 3.25. The summed E-state index contributed by atoms with van der Waals surface area (Å²) in [6.07, 6.45) is 10.2. The molecule has 0 bridgehead atoms. The van der Waals surface area contributed by atoms with E-state index in [0.29, 0.717) is 13.2 Å².